The van der Waals surface area contributed by atoms with Gasteiger partial charge in [0.05, 0.1) is 16.1 Å². The largest absolute Gasteiger partial charge is 0.350 e. The first-order valence-electron chi connectivity index (χ1n) is 7.37. The summed E-state index contributed by atoms with van der Waals surface area (Å²) in [5, 5.41) is 4.20. The van der Waals surface area contributed by atoms with Crippen LogP contribution >= 0.6 is 23.2 Å². The van der Waals surface area contributed by atoms with Crippen molar-refractivity contribution in [1.82, 2.24) is 5.32 Å². The van der Waals surface area contributed by atoms with Gasteiger partial charge in [0.1, 0.15) is 0 Å². The Bertz CT molecular complexity index is 714. The summed E-state index contributed by atoms with van der Waals surface area (Å²) in [6.07, 6.45) is 1.89. The van der Waals surface area contributed by atoms with Gasteiger partial charge in [-0.05, 0) is 41.7 Å². The van der Waals surface area contributed by atoms with Crippen LogP contribution < -0.4 is 5.32 Å². The van der Waals surface area contributed by atoms with Crippen LogP contribution in [0.5, 0.6) is 0 Å². The summed E-state index contributed by atoms with van der Waals surface area (Å²) in [4.78, 5) is 11.4. The molecule has 3 rings (SSSR count). The molecule has 0 fully saturated rings. The molecule has 1 N–H and O–H groups in total. The highest BCUT2D eigenvalue weighted by molar-refractivity contribution is 6.42. The maximum absolute atomic E-state index is 11.4. The Morgan fingerprint density at radius 2 is 1.77 bits per heavy atom. The quantitative estimate of drug-likeness (QED) is 0.814. The molecule has 2 atom stereocenters. The normalized spacial score (nSPS) is 20.3. The Labute approximate surface area is 140 Å². The molecule has 0 bridgehead atoms. The van der Waals surface area contributed by atoms with Crippen LogP contribution in [0.3, 0.4) is 0 Å². The van der Waals surface area contributed by atoms with Crippen molar-refractivity contribution in [2.24, 2.45) is 0 Å². The molecule has 2 aromatic rings. The van der Waals surface area contributed by atoms with Crippen LogP contribution in [0, 0.1) is 0 Å². The van der Waals surface area contributed by atoms with E-state index in [1.807, 2.05) is 30.3 Å². The maximum atomic E-state index is 11.4. The van der Waals surface area contributed by atoms with Gasteiger partial charge in [0.15, 0.2) is 0 Å². The van der Waals surface area contributed by atoms with Crippen molar-refractivity contribution in [2.75, 3.05) is 0 Å². The van der Waals surface area contributed by atoms with Crippen LogP contribution in [0.1, 0.15) is 48.4 Å². The summed E-state index contributed by atoms with van der Waals surface area (Å²) in [5.41, 5.74) is 3.62. The van der Waals surface area contributed by atoms with E-state index < -0.39 is 0 Å². The molecule has 114 valence electrons. The minimum absolute atomic E-state index is 0.00721. The molecule has 1 aliphatic rings. The van der Waals surface area contributed by atoms with Gasteiger partial charge in [0, 0.05) is 12.8 Å². The minimum atomic E-state index is 0.00721. The highest BCUT2D eigenvalue weighted by atomic mass is 35.5. The Kier molecular flexibility index (Phi) is 4.42. The van der Waals surface area contributed by atoms with E-state index in [4.69, 9.17) is 23.2 Å². The number of benzene rings is 2. The van der Waals surface area contributed by atoms with Crippen LogP contribution in [0.15, 0.2) is 42.5 Å². The lowest BCUT2D eigenvalue weighted by Gasteiger charge is -2.32. The Morgan fingerprint density at radius 3 is 2.45 bits per heavy atom. The fourth-order valence-electron chi connectivity index (χ4n) is 3.26. The maximum Gasteiger partial charge on any atom is 0.217 e. The third kappa shape index (κ3) is 2.99. The zero-order chi connectivity index (χ0) is 15.7. The molecule has 1 aliphatic carbocycles. The van der Waals surface area contributed by atoms with E-state index >= 15 is 0 Å². The number of fused-ring (bicyclic) bond motifs is 1. The highest BCUT2D eigenvalue weighted by Gasteiger charge is 2.28. The molecular weight excluding hydrogens is 317 g/mol. The summed E-state index contributed by atoms with van der Waals surface area (Å²) in [5.74, 6) is 0.295. The Balaban J connectivity index is 2.00. The molecule has 0 heterocycles. The summed E-state index contributed by atoms with van der Waals surface area (Å²) in [7, 11) is 0. The van der Waals surface area contributed by atoms with E-state index in [2.05, 4.69) is 17.4 Å². The molecule has 1 amide bonds. The first-order valence-corrected chi connectivity index (χ1v) is 8.12. The molecule has 2 aromatic carbocycles. The zero-order valence-electron chi connectivity index (χ0n) is 12.3. The van der Waals surface area contributed by atoms with Crippen molar-refractivity contribution in [3.05, 3.63) is 69.2 Å². The van der Waals surface area contributed by atoms with Crippen molar-refractivity contribution in [2.45, 2.75) is 31.7 Å². The van der Waals surface area contributed by atoms with Gasteiger partial charge < -0.3 is 5.32 Å². The smallest absolute Gasteiger partial charge is 0.217 e. The van der Waals surface area contributed by atoms with Gasteiger partial charge in [-0.3, -0.25) is 4.79 Å². The monoisotopic (exact) mass is 333 g/mol. The topological polar surface area (TPSA) is 29.1 Å². The van der Waals surface area contributed by atoms with Crippen LogP contribution in [0.2, 0.25) is 10.0 Å². The minimum Gasteiger partial charge on any atom is -0.350 e. The van der Waals surface area contributed by atoms with Crippen LogP contribution in [0.25, 0.3) is 0 Å². The van der Waals surface area contributed by atoms with E-state index in [0.29, 0.717) is 10.0 Å². The van der Waals surface area contributed by atoms with Gasteiger partial charge in [-0.2, -0.15) is 0 Å². The van der Waals surface area contributed by atoms with Crippen molar-refractivity contribution >= 4 is 29.1 Å². The fraction of sp³-hybridized carbons (Fsp3) is 0.278. The zero-order valence-corrected chi connectivity index (χ0v) is 13.8. The molecule has 22 heavy (non-hydrogen) atoms. The Morgan fingerprint density at radius 1 is 1.05 bits per heavy atom. The van der Waals surface area contributed by atoms with Crippen LogP contribution in [-0.4, -0.2) is 5.91 Å². The van der Waals surface area contributed by atoms with E-state index in [-0.39, 0.29) is 17.9 Å². The van der Waals surface area contributed by atoms with Crippen LogP contribution in [0.4, 0.5) is 0 Å². The summed E-state index contributed by atoms with van der Waals surface area (Å²) < 4.78 is 0. The average Bonchev–Trinajstić information content (AvgIpc) is 2.50. The van der Waals surface area contributed by atoms with Gasteiger partial charge in [-0.15, -0.1) is 0 Å². The molecular formula is C18H17Cl2NO. The van der Waals surface area contributed by atoms with E-state index in [1.165, 1.54) is 16.7 Å². The molecule has 1 unspecified atom stereocenters. The molecule has 0 saturated heterocycles. The first kappa shape index (κ1) is 15.4. The molecule has 0 aliphatic heterocycles. The number of hydrogen-bond acceptors (Lipinski definition) is 1. The van der Waals surface area contributed by atoms with E-state index in [1.54, 1.807) is 6.92 Å². The third-order valence-electron chi connectivity index (χ3n) is 4.21. The summed E-state index contributed by atoms with van der Waals surface area (Å²) >= 11 is 12.2. The van der Waals surface area contributed by atoms with Crippen molar-refractivity contribution < 1.29 is 4.79 Å². The second-order valence-electron chi connectivity index (χ2n) is 5.69. The SMILES string of the molecule is CC(=O)NC1CC[C@@H](c2ccc(Cl)c(Cl)c2)c2ccccc21. The lowest BCUT2D eigenvalue weighted by atomic mass is 9.77. The predicted octanol–water partition coefficient (Wildman–Crippen LogP) is 5.10. The van der Waals surface area contributed by atoms with Gasteiger partial charge in [-0.1, -0.05) is 53.5 Å². The second kappa shape index (κ2) is 6.31. The van der Waals surface area contributed by atoms with Crippen LogP contribution in [-0.2, 0) is 4.79 Å². The van der Waals surface area contributed by atoms with Crippen molar-refractivity contribution in [3.8, 4) is 0 Å². The second-order valence-corrected chi connectivity index (χ2v) is 6.50. The molecule has 0 spiro atoms. The number of amides is 1. The lowest BCUT2D eigenvalue weighted by molar-refractivity contribution is -0.119. The first-order chi connectivity index (χ1) is 10.6. The molecule has 0 saturated carbocycles. The molecule has 0 aromatic heterocycles. The molecule has 2 nitrogen and oxygen atoms in total. The highest BCUT2D eigenvalue weighted by Crippen LogP contribution is 2.42. The molecule has 4 heteroatoms. The predicted molar refractivity (Wildman–Crippen MR) is 90.5 cm³/mol. The van der Waals surface area contributed by atoms with Gasteiger partial charge in [0.25, 0.3) is 0 Å². The third-order valence-corrected chi connectivity index (χ3v) is 4.95. The standard InChI is InChI=1S/C18H17Cl2NO/c1-11(22)21-18-9-7-13(14-4-2-3-5-15(14)18)12-6-8-16(19)17(20)10-12/h2-6,8,10,13,18H,7,9H2,1H3,(H,21,22)/t13-,18?/m0/s1. The average molecular weight is 334 g/mol. The van der Waals surface area contributed by atoms with E-state index in [0.717, 1.165) is 12.8 Å². The number of carbonyl (C=O) groups is 1. The summed E-state index contributed by atoms with van der Waals surface area (Å²) in [6, 6.07) is 14.2. The number of nitrogens with one attached hydrogen (secondary N) is 1. The van der Waals surface area contributed by atoms with Crippen molar-refractivity contribution in [1.29, 1.82) is 0 Å². The number of halogens is 2. The number of rotatable bonds is 2. The van der Waals surface area contributed by atoms with Gasteiger partial charge in [0.2, 0.25) is 5.91 Å². The lowest BCUT2D eigenvalue weighted by Crippen LogP contribution is -2.30. The van der Waals surface area contributed by atoms with Gasteiger partial charge >= 0.3 is 0 Å². The number of hydrogen-bond donors (Lipinski definition) is 1. The van der Waals surface area contributed by atoms with Crippen molar-refractivity contribution in [3.63, 3.8) is 0 Å². The van der Waals surface area contributed by atoms with E-state index in [9.17, 15) is 4.79 Å². The van der Waals surface area contributed by atoms with Gasteiger partial charge in [-0.25, -0.2) is 0 Å². The summed E-state index contributed by atoms with van der Waals surface area (Å²) in [6.45, 7) is 1.56. The number of carbonyl (C=O) groups excluding carboxylic acids is 1. The molecule has 0 radical (unpaired) electrons. The fourth-order valence-corrected chi connectivity index (χ4v) is 3.57. The Hall–Kier alpha value is -1.51.